The molecular formula is C19H26N2O3S. The Morgan fingerprint density at radius 1 is 1.20 bits per heavy atom. The number of hydrogen-bond acceptors (Lipinski definition) is 5. The fraction of sp³-hybridized carbons (Fsp3) is 0.421. The summed E-state index contributed by atoms with van der Waals surface area (Å²) in [5, 5.41) is 6.64. The quantitative estimate of drug-likeness (QED) is 0.704. The second-order valence-corrected chi connectivity index (χ2v) is 6.34. The van der Waals surface area contributed by atoms with E-state index in [0.29, 0.717) is 24.5 Å². The highest BCUT2D eigenvalue weighted by atomic mass is 32.1. The van der Waals surface area contributed by atoms with Crippen LogP contribution in [0.4, 0.5) is 0 Å². The number of thiophene rings is 1. The van der Waals surface area contributed by atoms with Crippen LogP contribution in [0.15, 0.2) is 35.0 Å². The molecule has 6 heteroatoms. The molecule has 1 aromatic carbocycles. The predicted molar refractivity (Wildman–Crippen MR) is 102 cm³/mol. The van der Waals surface area contributed by atoms with Crippen molar-refractivity contribution in [1.29, 1.82) is 0 Å². The number of nitrogens with one attached hydrogen (secondary N) is 1. The van der Waals surface area contributed by atoms with Crippen LogP contribution < -0.4 is 14.8 Å². The first-order valence-corrected chi connectivity index (χ1v) is 9.44. The van der Waals surface area contributed by atoms with E-state index >= 15 is 0 Å². The molecule has 0 radical (unpaired) electrons. The number of methoxy groups -OCH3 is 1. The van der Waals surface area contributed by atoms with Crippen molar-refractivity contribution in [3.8, 4) is 11.5 Å². The van der Waals surface area contributed by atoms with E-state index in [9.17, 15) is 4.79 Å². The highest BCUT2D eigenvalue weighted by molar-refractivity contribution is 7.08. The van der Waals surface area contributed by atoms with Gasteiger partial charge in [0.05, 0.1) is 7.11 Å². The molecule has 2 rings (SSSR count). The Balaban J connectivity index is 1.90. The Labute approximate surface area is 153 Å². The highest BCUT2D eigenvalue weighted by Crippen LogP contribution is 2.28. The summed E-state index contributed by atoms with van der Waals surface area (Å²) in [6.07, 6.45) is 0. The number of likely N-dealkylation sites (N-methyl/N-ethyl adjacent to an activating group) is 1. The van der Waals surface area contributed by atoms with Gasteiger partial charge in [0, 0.05) is 24.0 Å². The van der Waals surface area contributed by atoms with E-state index in [0.717, 1.165) is 30.9 Å². The molecule has 0 aliphatic rings. The molecule has 1 heterocycles. The van der Waals surface area contributed by atoms with Crippen LogP contribution in [0.25, 0.3) is 0 Å². The maximum Gasteiger partial charge on any atom is 0.252 e. The van der Waals surface area contributed by atoms with Crippen molar-refractivity contribution in [2.75, 3.05) is 33.4 Å². The molecule has 0 saturated carbocycles. The summed E-state index contributed by atoms with van der Waals surface area (Å²) in [5.74, 6) is 1.34. The first kappa shape index (κ1) is 19.3. The molecule has 2 aromatic rings. The molecule has 1 aromatic heterocycles. The summed E-state index contributed by atoms with van der Waals surface area (Å²) in [5.41, 5.74) is 1.66. The van der Waals surface area contributed by atoms with Gasteiger partial charge in [-0.25, -0.2) is 0 Å². The van der Waals surface area contributed by atoms with E-state index in [2.05, 4.69) is 24.1 Å². The number of amides is 1. The molecule has 1 amide bonds. The van der Waals surface area contributed by atoms with Crippen molar-refractivity contribution in [2.24, 2.45) is 0 Å². The number of carbonyl (C=O) groups excluding carboxylic acids is 1. The number of carbonyl (C=O) groups is 1. The lowest BCUT2D eigenvalue weighted by molar-refractivity contribution is 0.0951. The normalized spacial score (nSPS) is 10.7. The van der Waals surface area contributed by atoms with Gasteiger partial charge in [-0.3, -0.25) is 4.79 Å². The number of benzene rings is 1. The van der Waals surface area contributed by atoms with Crippen molar-refractivity contribution in [3.63, 3.8) is 0 Å². The summed E-state index contributed by atoms with van der Waals surface area (Å²) >= 11 is 1.51. The third kappa shape index (κ3) is 5.76. The largest absolute Gasteiger partial charge is 0.493 e. The number of ether oxygens (including phenoxy) is 2. The van der Waals surface area contributed by atoms with Gasteiger partial charge >= 0.3 is 0 Å². The zero-order chi connectivity index (χ0) is 18.1. The summed E-state index contributed by atoms with van der Waals surface area (Å²) in [7, 11) is 1.63. The van der Waals surface area contributed by atoms with E-state index in [1.54, 1.807) is 7.11 Å². The van der Waals surface area contributed by atoms with Crippen molar-refractivity contribution in [3.05, 3.63) is 46.2 Å². The molecule has 0 bridgehead atoms. The minimum Gasteiger partial charge on any atom is -0.493 e. The Hall–Kier alpha value is -2.05. The van der Waals surface area contributed by atoms with Crippen LogP contribution in [0.5, 0.6) is 11.5 Å². The molecule has 0 atom stereocenters. The third-order valence-electron chi connectivity index (χ3n) is 4.02. The van der Waals surface area contributed by atoms with Crippen LogP contribution in [0.2, 0.25) is 0 Å². The molecule has 0 fully saturated rings. The van der Waals surface area contributed by atoms with E-state index in [1.165, 1.54) is 11.3 Å². The molecule has 0 saturated heterocycles. The second-order valence-electron chi connectivity index (χ2n) is 5.56. The summed E-state index contributed by atoms with van der Waals surface area (Å²) in [6, 6.07) is 7.56. The first-order valence-electron chi connectivity index (χ1n) is 8.50. The van der Waals surface area contributed by atoms with Gasteiger partial charge < -0.3 is 19.7 Å². The van der Waals surface area contributed by atoms with Crippen LogP contribution in [-0.4, -0.2) is 44.2 Å². The zero-order valence-electron chi connectivity index (χ0n) is 15.1. The second kappa shape index (κ2) is 10.1. The average Bonchev–Trinajstić information content (AvgIpc) is 3.18. The monoisotopic (exact) mass is 362 g/mol. The molecule has 1 N–H and O–H groups in total. The van der Waals surface area contributed by atoms with Crippen molar-refractivity contribution in [2.45, 2.75) is 20.4 Å². The maximum atomic E-state index is 12.0. The van der Waals surface area contributed by atoms with Crippen LogP contribution in [0.3, 0.4) is 0 Å². The number of nitrogens with zero attached hydrogens (tertiary/aromatic N) is 1. The van der Waals surface area contributed by atoms with Gasteiger partial charge in [0.1, 0.15) is 6.61 Å². The third-order valence-corrected chi connectivity index (χ3v) is 4.71. The van der Waals surface area contributed by atoms with E-state index < -0.39 is 0 Å². The zero-order valence-corrected chi connectivity index (χ0v) is 15.9. The standard InChI is InChI=1S/C19H26N2O3S/c1-4-21(5-2)9-10-24-17-7-6-15(12-18(17)23-3)13-20-19(22)16-8-11-25-14-16/h6-8,11-12,14H,4-5,9-10,13H2,1-3H3,(H,20,22). The van der Waals surface area contributed by atoms with Gasteiger partial charge in [-0.2, -0.15) is 11.3 Å². The molecule has 0 aliphatic carbocycles. The molecule has 136 valence electrons. The smallest absolute Gasteiger partial charge is 0.252 e. The van der Waals surface area contributed by atoms with E-state index in [4.69, 9.17) is 9.47 Å². The number of rotatable bonds is 10. The topological polar surface area (TPSA) is 50.8 Å². The van der Waals surface area contributed by atoms with Crippen LogP contribution in [0, 0.1) is 0 Å². The van der Waals surface area contributed by atoms with Gasteiger partial charge in [0.25, 0.3) is 5.91 Å². The molecular weight excluding hydrogens is 336 g/mol. The lowest BCUT2D eigenvalue weighted by atomic mass is 10.2. The number of hydrogen-bond donors (Lipinski definition) is 1. The van der Waals surface area contributed by atoms with Gasteiger partial charge in [0.2, 0.25) is 0 Å². The first-order chi connectivity index (χ1) is 12.2. The minimum atomic E-state index is -0.0697. The van der Waals surface area contributed by atoms with Crippen molar-refractivity contribution < 1.29 is 14.3 Å². The van der Waals surface area contributed by atoms with Crippen molar-refractivity contribution >= 4 is 17.2 Å². The van der Waals surface area contributed by atoms with E-state index in [-0.39, 0.29) is 5.91 Å². The van der Waals surface area contributed by atoms with Crippen LogP contribution in [0.1, 0.15) is 29.8 Å². The summed E-state index contributed by atoms with van der Waals surface area (Å²) in [6.45, 7) is 8.26. The molecule has 0 aliphatic heterocycles. The van der Waals surface area contributed by atoms with Crippen LogP contribution in [-0.2, 0) is 6.54 Å². The lowest BCUT2D eigenvalue weighted by Crippen LogP contribution is -2.28. The van der Waals surface area contributed by atoms with Gasteiger partial charge in [0.15, 0.2) is 11.5 Å². The van der Waals surface area contributed by atoms with E-state index in [1.807, 2.05) is 35.0 Å². The Morgan fingerprint density at radius 2 is 2.00 bits per heavy atom. The van der Waals surface area contributed by atoms with Gasteiger partial charge in [-0.1, -0.05) is 19.9 Å². The summed E-state index contributed by atoms with van der Waals surface area (Å²) in [4.78, 5) is 14.3. The lowest BCUT2D eigenvalue weighted by Gasteiger charge is -2.19. The van der Waals surface area contributed by atoms with Gasteiger partial charge in [-0.05, 0) is 42.2 Å². The Kier molecular flexibility index (Phi) is 7.76. The van der Waals surface area contributed by atoms with Gasteiger partial charge in [-0.15, -0.1) is 0 Å². The SMILES string of the molecule is CCN(CC)CCOc1ccc(CNC(=O)c2ccsc2)cc1OC. The Morgan fingerprint density at radius 3 is 2.64 bits per heavy atom. The average molecular weight is 362 g/mol. The molecule has 0 unspecified atom stereocenters. The molecule has 25 heavy (non-hydrogen) atoms. The fourth-order valence-corrected chi connectivity index (χ4v) is 3.08. The summed E-state index contributed by atoms with van der Waals surface area (Å²) < 4.78 is 11.3. The fourth-order valence-electron chi connectivity index (χ4n) is 2.44. The Bertz CT molecular complexity index is 655. The minimum absolute atomic E-state index is 0.0697. The molecule has 5 nitrogen and oxygen atoms in total. The van der Waals surface area contributed by atoms with Crippen molar-refractivity contribution in [1.82, 2.24) is 10.2 Å². The molecule has 0 spiro atoms. The highest BCUT2D eigenvalue weighted by Gasteiger charge is 2.09. The van der Waals surface area contributed by atoms with Crippen LogP contribution >= 0.6 is 11.3 Å². The predicted octanol–water partition coefficient (Wildman–Crippen LogP) is 3.41. The maximum absolute atomic E-state index is 12.0.